The van der Waals surface area contributed by atoms with Crippen LogP contribution >= 0.6 is 0 Å². The van der Waals surface area contributed by atoms with E-state index in [4.69, 9.17) is 15.5 Å². The van der Waals surface area contributed by atoms with Crippen LogP contribution < -0.4 is 9.96 Å². The fourth-order valence-electron chi connectivity index (χ4n) is 3.40. The van der Waals surface area contributed by atoms with Crippen molar-refractivity contribution in [1.29, 1.82) is 0 Å². The van der Waals surface area contributed by atoms with E-state index in [1.807, 2.05) is 12.1 Å². The zero-order valence-corrected chi connectivity index (χ0v) is 15.4. The second kappa shape index (κ2) is 8.62. The zero-order valence-electron chi connectivity index (χ0n) is 15.4. The van der Waals surface area contributed by atoms with Crippen molar-refractivity contribution in [3.63, 3.8) is 0 Å². The lowest BCUT2D eigenvalue weighted by Crippen LogP contribution is -2.34. The van der Waals surface area contributed by atoms with Gasteiger partial charge in [-0.3, -0.25) is 10.0 Å². The number of anilines is 1. The highest BCUT2D eigenvalue weighted by molar-refractivity contribution is 5.79. The molecular formula is C19H20N5O4-. The first-order valence-electron chi connectivity index (χ1n) is 8.77. The van der Waals surface area contributed by atoms with Gasteiger partial charge in [-0.15, -0.1) is 0 Å². The van der Waals surface area contributed by atoms with Crippen LogP contribution in [-0.4, -0.2) is 35.7 Å². The summed E-state index contributed by atoms with van der Waals surface area (Å²) in [6.45, 7) is 0.637. The number of methoxy groups -OCH3 is 1. The lowest BCUT2D eigenvalue weighted by atomic mass is 10.0. The van der Waals surface area contributed by atoms with Crippen LogP contribution in [0.4, 0.5) is 5.69 Å². The molecule has 1 unspecified atom stereocenters. The Balaban J connectivity index is 1.91. The maximum atomic E-state index is 12.2. The third-order valence-electron chi connectivity index (χ3n) is 4.80. The molecule has 2 aromatic rings. The first kappa shape index (κ1) is 19.5. The van der Waals surface area contributed by atoms with Gasteiger partial charge in [-0.25, -0.2) is 0 Å². The van der Waals surface area contributed by atoms with E-state index < -0.39 is 0 Å². The molecule has 1 aliphatic heterocycles. The zero-order chi connectivity index (χ0) is 20.1. The van der Waals surface area contributed by atoms with Crippen molar-refractivity contribution < 1.29 is 14.7 Å². The van der Waals surface area contributed by atoms with Crippen molar-refractivity contribution in [2.24, 2.45) is 5.11 Å². The first-order chi connectivity index (χ1) is 13.5. The van der Waals surface area contributed by atoms with E-state index in [1.54, 1.807) is 36.3 Å². The molecule has 28 heavy (non-hydrogen) atoms. The normalized spacial score (nSPS) is 16.0. The van der Waals surface area contributed by atoms with Crippen LogP contribution in [0.2, 0.25) is 0 Å². The molecule has 0 spiro atoms. The Morgan fingerprint density at radius 2 is 2.21 bits per heavy atom. The highest BCUT2D eigenvalue weighted by Crippen LogP contribution is 2.34. The average Bonchev–Trinajstić information content (AvgIpc) is 3.05. The molecule has 0 bridgehead atoms. The van der Waals surface area contributed by atoms with Crippen molar-refractivity contribution in [2.75, 3.05) is 18.9 Å². The number of amides is 1. The largest absolute Gasteiger partial charge is 0.733 e. The number of benzene rings is 2. The lowest BCUT2D eigenvalue weighted by molar-refractivity contribution is -0.129. The third-order valence-corrected chi connectivity index (χ3v) is 4.80. The molecule has 9 nitrogen and oxygen atoms in total. The van der Waals surface area contributed by atoms with E-state index in [9.17, 15) is 10.0 Å². The SMILES string of the molecule is COc1ccc(CN2C(=O)CCC2CN=[N+]=[N-])cc1-c1cccc(N([O-])O)c1. The first-order valence-corrected chi connectivity index (χ1v) is 8.77. The standard InChI is InChI=1S/C19H20N5O4/c1-28-18-7-5-13(12-23-16(11-21-22-20)6-8-19(23)25)9-17(18)14-3-2-4-15(10-14)24(26)27/h2-5,7,9-10,16,26H,6,8,11-12H2,1H3/q-1. The second-order valence-electron chi connectivity index (χ2n) is 6.49. The molecule has 0 saturated carbocycles. The van der Waals surface area contributed by atoms with Gasteiger partial charge in [-0.2, -0.15) is 0 Å². The summed E-state index contributed by atoms with van der Waals surface area (Å²) in [6.07, 6.45) is 1.10. The van der Waals surface area contributed by atoms with Crippen molar-refractivity contribution in [3.8, 4) is 16.9 Å². The van der Waals surface area contributed by atoms with Crippen LogP contribution in [0.1, 0.15) is 18.4 Å². The van der Waals surface area contributed by atoms with Crippen LogP contribution in [0, 0.1) is 5.21 Å². The van der Waals surface area contributed by atoms with Gasteiger partial charge in [0.25, 0.3) is 0 Å². The van der Waals surface area contributed by atoms with Gasteiger partial charge in [0.1, 0.15) is 5.75 Å². The number of nitrogens with zero attached hydrogens (tertiary/aromatic N) is 5. The molecule has 0 radical (unpaired) electrons. The molecule has 0 aliphatic carbocycles. The molecule has 3 rings (SSSR count). The van der Waals surface area contributed by atoms with E-state index in [1.165, 1.54) is 6.07 Å². The molecule has 1 atom stereocenters. The van der Waals surface area contributed by atoms with Gasteiger partial charge in [-0.05, 0) is 47.3 Å². The Labute approximate surface area is 161 Å². The quantitative estimate of drug-likeness (QED) is 0.337. The molecule has 1 amide bonds. The summed E-state index contributed by atoms with van der Waals surface area (Å²) in [5, 5.41) is 23.8. The summed E-state index contributed by atoms with van der Waals surface area (Å²) >= 11 is 0. The molecule has 0 aromatic heterocycles. The second-order valence-corrected chi connectivity index (χ2v) is 6.49. The van der Waals surface area contributed by atoms with Crippen LogP contribution in [0.3, 0.4) is 0 Å². The van der Waals surface area contributed by atoms with Crippen LogP contribution in [0.5, 0.6) is 5.75 Å². The minimum Gasteiger partial charge on any atom is -0.733 e. The summed E-state index contributed by atoms with van der Waals surface area (Å²) in [5.74, 6) is 0.634. The van der Waals surface area contributed by atoms with Gasteiger partial charge in [-0.1, -0.05) is 23.3 Å². The van der Waals surface area contributed by atoms with Crippen LogP contribution in [0.25, 0.3) is 21.6 Å². The summed E-state index contributed by atoms with van der Waals surface area (Å²) < 4.78 is 5.43. The minimum atomic E-state index is -0.191. The number of azide groups is 1. The number of carbonyl (C=O) groups is 1. The number of likely N-dealkylation sites (tertiary alicyclic amines) is 1. The van der Waals surface area contributed by atoms with Crippen molar-refractivity contribution in [1.82, 2.24) is 4.90 Å². The fourth-order valence-corrected chi connectivity index (χ4v) is 3.40. The van der Waals surface area contributed by atoms with E-state index in [0.29, 0.717) is 30.7 Å². The number of hydrogen-bond donors (Lipinski definition) is 1. The van der Waals surface area contributed by atoms with Gasteiger partial charge in [0.15, 0.2) is 0 Å². The van der Waals surface area contributed by atoms with Crippen LogP contribution in [0.15, 0.2) is 47.6 Å². The van der Waals surface area contributed by atoms with Gasteiger partial charge >= 0.3 is 0 Å². The monoisotopic (exact) mass is 382 g/mol. The van der Waals surface area contributed by atoms with Gasteiger partial charge < -0.3 is 20.1 Å². The number of rotatable bonds is 7. The van der Waals surface area contributed by atoms with E-state index in [2.05, 4.69) is 10.0 Å². The van der Waals surface area contributed by atoms with E-state index in [-0.39, 0.29) is 29.4 Å². The Kier molecular flexibility index (Phi) is 6.00. The number of carbonyl (C=O) groups excluding carboxylic acids is 1. The number of hydrogen-bond acceptors (Lipinski definition) is 6. The van der Waals surface area contributed by atoms with Crippen molar-refractivity contribution >= 4 is 11.6 Å². The average molecular weight is 382 g/mol. The van der Waals surface area contributed by atoms with E-state index >= 15 is 0 Å². The molecule has 1 saturated heterocycles. The van der Waals surface area contributed by atoms with Crippen molar-refractivity contribution in [3.05, 3.63) is 63.7 Å². The summed E-state index contributed by atoms with van der Waals surface area (Å²) in [7, 11) is 1.55. The predicted molar refractivity (Wildman–Crippen MR) is 104 cm³/mol. The highest BCUT2D eigenvalue weighted by atomic mass is 16.8. The molecule has 1 N–H and O–H groups in total. The summed E-state index contributed by atoms with van der Waals surface area (Å²) in [5.41, 5.74) is 11.0. The van der Waals surface area contributed by atoms with E-state index in [0.717, 1.165) is 11.1 Å². The molecule has 1 fully saturated rings. The van der Waals surface area contributed by atoms with Crippen LogP contribution in [-0.2, 0) is 11.3 Å². The molecule has 146 valence electrons. The smallest absolute Gasteiger partial charge is 0.223 e. The Hall–Kier alpha value is -3.26. The summed E-state index contributed by atoms with van der Waals surface area (Å²) in [6, 6.07) is 12.0. The number of ether oxygens (including phenoxy) is 1. The maximum Gasteiger partial charge on any atom is 0.223 e. The van der Waals surface area contributed by atoms with Gasteiger partial charge in [0, 0.05) is 36.0 Å². The predicted octanol–water partition coefficient (Wildman–Crippen LogP) is 3.86. The summed E-state index contributed by atoms with van der Waals surface area (Å²) in [4.78, 5) is 16.8. The fraction of sp³-hybridized carbons (Fsp3) is 0.316. The topological polar surface area (TPSA) is 125 Å². The maximum absolute atomic E-state index is 12.2. The molecule has 2 aromatic carbocycles. The van der Waals surface area contributed by atoms with Crippen molar-refractivity contribution in [2.45, 2.75) is 25.4 Å². The Bertz CT molecular complexity index is 911. The van der Waals surface area contributed by atoms with Gasteiger partial charge in [0.05, 0.1) is 12.8 Å². The third kappa shape index (κ3) is 4.17. The molecule has 1 aliphatic rings. The van der Waals surface area contributed by atoms with Gasteiger partial charge in [0.2, 0.25) is 5.91 Å². The Morgan fingerprint density at radius 3 is 2.93 bits per heavy atom. The molecular weight excluding hydrogens is 362 g/mol. The molecule has 9 heteroatoms. The molecule has 1 heterocycles. The Morgan fingerprint density at radius 1 is 1.39 bits per heavy atom. The minimum absolute atomic E-state index is 0.0276. The highest BCUT2D eigenvalue weighted by Gasteiger charge is 2.30. The lowest BCUT2D eigenvalue weighted by Gasteiger charge is -2.24.